The van der Waals surface area contributed by atoms with Gasteiger partial charge in [0.2, 0.25) is 5.91 Å². The van der Waals surface area contributed by atoms with Crippen LogP contribution in [0.25, 0.3) is 0 Å². The average Bonchev–Trinajstić information content (AvgIpc) is 3.35. The summed E-state index contributed by atoms with van der Waals surface area (Å²) >= 11 is 7.08. The molecule has 41 heavy (non-hydrogen) atoms. The number of anilines is 2. The van der Waals surface area contributed by atoms with Crippen molar-refractivity contribution in [1.29, 1.82) is 0 Å². The summed E-state index contributed by atoms with van der Waals surface area (Å²) in [6, 6.07) is 17.5. The molecule has 2 heterocycles. The molecular formula is C36H44ClN3O. The van der Waals surface area contributed by atoms with Gasteiger partial charge in [0, 0.05) is 52.4 Å². The number of carbonyl (C=O) groups excluding carboxylic acids is 1. The lowest BCUT2D eigenvalue weighted by Gasteiger charge is -2.27. The number of benzene rings is 2. The highest BCUT2D eigenvalue weighted by atomic mass is 35.5. The maximum Gasteiger partial charge on any atom is 0.219 e. The van der Waals surface area contributed by atoms with E-state index in [0.717, 1.165) is 37.3 Å². The number of para-hydroxylation sites is 2. The van der Waals surface area contributed by atoms with Crippen molar-refractivity contribution in [3.8, 4) is 0 Å². The fourth-order valence-corrected chi connectivity index (χ4v) is 6.86. The van der Waals surface area contributed by atoms with Crippen molar-refractivity contribution in [3.63, 3.8) is 0 Å². The zero-order valence-electron chi connectivity index (χ0n) is 25.2. The zero-order valence-corrected chi connectivity index (χ0v) is 25.9. The van der Waals surface area contributed by atoms with Gasteiger partial charge in [0.15, 0.2) is 0 Å². The summed E-state index contributed by atoms with van der Waals surface area (Å²) in [4.78, 5) is 14.2. The Labute approximate surface area is 251 Å². The number of nitrogens with zero attached hydrogens (tertiary/aromatic N) is 1. The average molecular weight is 570 g/mol. The number of amides is 1. The van der Waals surface area contributed by atoms with E-state index in [0.29, 0.717) is 13.0 Å². The van der Waals surface area contributed by atoms with Crippen LogP contribution in [0.15, 0.2) is 94.7 Å². The standard InChI is InChI=1S/C36H44ClN3O/c1-6-33(41)38-23-12-24-40-30-18-10-8-16-28(30)36(4,5)32(40)22-20-26-14-11-13-25(34(26)37)19-21-31-35(2,3)27-15-7-9-17-29(27)39-31/h7-10,15-22,31,39H,6,11-14,23-24H2,1-5H3,(H,38,41)/b21-19+,26-20+,32-22+. The normalized spacial score (nSPS) is 22.8. The number of nitrogens with one attached hydrogen (secondary N) is 2. The minimum absolute atomic E-state index is 0.0176. The zero-order chi connectivity index (χ0) is 29.2. The molecule has 1 atom stereocenters. The van der Waals surface area contributed by atoms with E-state index >= 15 is 0 Å². The Morgan fingerprint density at radius 2 is 1.78 bits per heavy atom. The minimum atomic E-state index is -0.122. The minimum Gasteiger partial charge on any atom is -0.378 e. The van der Waals surface area contributed by atoms with E-state index < -0.39 is 0 Å². The van der Waals surface area contributed by atoms with E-state index in [-0.39, 0.29) is 22.8 Å². The highest BCUT2D eigenvalue weighted by Gasteiger charge is 2.39. The van der Waals surface area contributed by atoms with Crippen LogP contribution in [0.4, 0.5) is 11.4 Å². The molecule has 2 aliphatic heterocycles. The Kier molecular flexibility index (Phi) is 8.52. The summed E-state index contributed by atoms with van der Waals surface area (Å²) < 4.78 is 0. The van der Waals surface area contributed by atoms with E-state index in [1.54, 1.807) is 0 Å². The number of hydrogen-bond donors (Lipinski definition) is 2. The van der Waals surface area contributed by atoms with Gasteiger partial charge in [-0.2, -0.15) is 0 Å². The Bertz CT molecular complexity index is 1430. The van der Waals surface area contributed by atoms with Gasteiger partial charge in [0.1, 0.15) is 0 Å². The molecule has 0 bridgehead atoms. The molecule has 0 spiro atoms. The van der Waals surface area contributed by atoms with Crippen molar-refractivity contribution in [3.05, 3.63) is 106 Å². The molecule has 1 aliphatic carbocycles. The summed E-state index contributed by atoms with van der Waals surface area (Å²) in [6.07, 6.45) is 13.6. The number of halogens is 1. The second-order valence-corrected chi connectivity index (χ2v) is 12.9. The van der Waals surface area contributed by atoms with Crippen LogP contribution in [0, 0.1) is 0 Å². The van der Waals surface area contributed by atoms with E-state index in [1.165, 1.54) is 39.3 Å². The lowest BCUT2D eigenvalue weighted by molar-refractivity contribution is -0.120. The first-order chi connectivity index (χ1) is 19.6. The number of rotatable bonds is 8. The molecule has 216 valence electrons. The lowest BCUT2D eigenvalue weighted by atomic mass is 9.80. The molecule has 2 aromatic carbocycles. The Hall–Kier alpha value is -3.24. The molecule has 5 rings (SSSR count). The molecule has 2 N–H and O–H groups in total. The van der Waals surface area contributed by atoms with Crippen LogP contribution in [0.1, 0.15) is 77.8 Å². The van der Waals surface area contributed by atoms with Gasteiger partial charge in [-0.1, -0.05) is 101 Å². The van der Waals surface area contributed by atoms with E-state index in [1.807, 2.05) is 6.92 Å². The second kappa shape index (κ2) is 11.9. The highest BCUT2D eigenvalue weighted by molar-refractivity contribution is 6.32. The predicted octanol–water partition coefficient (Wildman–Crippen LogP) is 8.52. The van der Waals surface area contributed by atoms with Crippen LogP contribution in [0.3, 0.4) is 0 Å². The molecule has 5 heteroatoms. The Morgan fingerprint density at radius 1 is 1.05 bits per heavy atom. The monoisotopic (exact) mass is 569 g/mol. The van der Waals surface area contributed by atoms with Crippen LogP contribution in [-0.2, 0) is 15.6 Å². The first-order valence-corrected chi connectivity index (χ1v) is 15.5. The van der Waals surface area contributed by atoms with E-state index in [2.05, 4.69) is 116 Å². The van der Waals surface area contributed by atoms with E-state index in [4.69, 9.17) is 11.6 Å². The maximum atomic E-state index is 11.7. The van der Waals surface area contributed by atoms with Gasteiger partial charge in [0.05, 0.1) is 6.04 Å². The van der Waals surface area contributed by atoms with Crippen molar-refractivity contribution in [2.24, 2.45) is 0 Å². The third kappa shape index (κ3) is 5.77. The molecule has 0 saturated carbocycles. The van der Waals surface area contributed by atoms with Crippen LogP contribution in [-0.4, -0.2) is 25.0 Å². The van der Waals surface area contributed by atoms with Crippen LogP contribution >= 0.6 is 11.6 Å². The molecule has 0 radical (unpaired) electrons. The summed E-state index contributed by atoms with van der Waals surface area (Å²) in [5.74, 6) is 0.105. The Balaban J connectivity index is 1.38. The molecular weight excluding hydrogens is 526 g/mol. The number of allylic oxidation sites excluding steroid dienone is 7. The number of fused-ring (bicyclic) bond motifs is 2. The van der Waals surface area contributed by atoms with Crippen LogP contribution in [0.2, 0.25) is 0 Å². The van der Waals surface area contributed by atoms with Crippen molar-refractivity contribution in [1.82, 2.24) is 5.32 Å². The van der Waals surface area contributed by atoms with Gasteiger partial charge in [0.25, 0.3) is 0 Å². The number of hydrogen-bond acceptors (Lipinski definition) is 3. The maximum absolute atomic E-state index is 11.7. The molecule has 1 unspecified atom stereocenters. The second-order valence-electron chi connectivity index (χ2n) is 12.5. The van der Waals surface area contributed by atoms with Gasteiger partial charge in [-0.3, -0.25) is 4.79 Å². The fraction of sp³-hybridized carbons (Fsp3) is 0.417. The quantitative estimate of drug-likeness (QED) is 0.313. The molecule has 2 aromatic rings. The van der Waals surface area contributed by atoms with Gasteiger partial charge < -0.3 is 15.5 Å². The van der Waals surface area contributed by atoms with Crippen molar-refractivity contribution in [2.45, 2.75) is 83.6 Å². The van der Waals surface area contributed by atoms with Gasteiger partial charge in [-0.05, 0) is 66.2 Å². The summed E-state index contributed by atoms with van der Waals surface area (Å²) in [5, 5.41) is 7.61. The molecule has 0 fully saturated rings. The molecule has 4 nitrogen and oxygen atoms in total. The van der Waals surface area contributed by atoms with E-state index in [9.17, 15) is 4.79 Å². The molecule has 0 saturated heterocycles. The fourth-order valence-electron chi connectivity index (χ4n) is 6.55. The third-order valence-corrected chi connectivity index (χ3v) is 9.58. The summed E-state index contributed by atoms with van der Waals surface area (Å²) in [6.45, 7) is 12.6. The predicted molar refractivity (Wildman–Crippen MR) is 174 cm³/mol. The molecule has 3 aliphatic rings. The first-order valence-electron chi connectivity index (χ1n) is 15.1. The highest BCUT2D eigenvalue weighted by Crippen LogP contribution is 2.48. The van der Waals surface area contributed by atoms with Crippen LogP contribution in [0.5, 0.6) is 0 Å². The number of carbonyl (C=O) groups is 1. The van der Waals surface area contributed by atoms with Crippen molar-refractivity contribution >= 4 is 28.9 Å². The van der Waals surface area contributed by atoms with Crippen molar-refractivity contribution in [2.75, 3.05) is 23.3 Å². The van der Waals surface area contributed by atoms with Crippen LogP contribution < -0.4 is 15.5 Å². The lowest BCUT2D eigenvalue weighted by Crippen LogP contribution is -2.31. The van der Waals surface area contributed by atoms with Crippen molar-refractivity contribution < 1.29 is 4.79 Å². The van der Waals surface area contributed by atoms with Gasteiger partial charge in [-0.15, -0.1) is 0 Å². The topological polar surface area (TPSA) is 44.4 Å². The largest absolute Gasteiger partial charge is 0.378 e. The SMILES string of the molecule is CCC(=O)NCCCN1/C(=C/C=C2\CCCC(/C=C/C3Nc4ccccc4C3(C)C)=C2Cl)C(C)(C)c2ccccc21. The van der Waals surface area contributed by atoms with Gasteiger partial charge >= 0.3 is 0 Å². The summed E-state index contributed by atoms with van der Waals surface area (Å²) in [5.41, 5.74) is 8.77. The third-order valence-electron chi connectivity index (χ3n) is 9.10. The first kappa shape index (κ1) is 29.3. The molecule has 0 aromatic heterocycles. The molecule has 1 amide bonds. The van der Waals surface area contributed by atoms with Gasteiger partial charge in [-0.25, -0.2) is 0 Å². The summed E-state index contributed by atoms with van der Waals surface area (Å²) in [7, 11) is 0. The smallest absolute Gasteiger partial charge is 0.219 e. The Morgan fingerprint density at radius 3 is 2.54 bits per heavy atom.